The first-order chi connectivity index (χ1) is 9.27. The fourth-order valence-corrected chi connectivity index (χ4v) is 1.07. The van der Waals surface area contributed by atoms with Crippen LogP contribution < -0.4 is 0 Å². The molecule has 0 fully saturated rings. The molecule has 0 aliphatic carbocycles. The van der Waals surface area contributed by atoms with E-state index in [-0.39, 0.29) is 0 Å². The number of rotatable bonds is 7. The van der Waals surface area contributed by atoms with E-state index in [0.29, 0.717) is 0 Å². The van der Waals surface area contributed by atoms with E-state index in [2.05, 4.69) is 9.47 Å². The van der Waals surface area contributed by atoms with E-state index in [4.69, 9.17) is 0 Å². The molecule has 0 aliphatic rings. The van der Waals surface area contributed by atoms with Crippen molar-refractivity contribution in [3.63, 3.8) is 0 Å². The zero-order valence-corrected chi connectivity index (χ0v) is 10.1. The minimum atomic E-state index is -5.22. The van der Waals surface area contributed by atoms with Gasteiger partial charge >= 0.3 is 18.5 Å². The molecular weight excluding hydrogens is 330 g/mol. The van der Waals surface area contributed by atoms with E-state index in [1.807, 2.05) is 0 Å². The largest absolute Gasteiger partial charge is 0.417 e. The maximum absolute atomic E-state index is 12.3. The van der Waals surface area contributed by atoms with Crippen LogP contribution in [0, 0.1) is 0 Å². The second-order valence-corrected chi connectivity index (χ2v) is 3.82. The van der Waals surface area contributed by atoms with Crippen molar-refractivity contribution in [3.05, 3.63) is 0 Å². The number of ether oxygens (including phenoxy) is 2. The SMILES string of the molecule is FCC(OCOC(CCC(F)(F)F)C(F)(F)F)C(F)(F)F. The van der Waals surface area contributed by atoms with E-state index in [0.717, 1.165) is 0 Å². The first kappa shape index (κ1) is 20.2. The maximum Gasteiger partial charge on any atom is 0.417 e. The molecule has 128 valence electrons. The van der Waals surface area contributed by atoms with Crippen LogP contribution in [0.3, 0.4) is 0 Å². The summed E-state index contributed by atoms with van der Waals surface area (Å²) in [5.74, 6) is 0. The van der Waals surface area contributed by atoms with Crippen molar-refractivity contribution in [1.82, 2.24) is 0 Å². The zero-order chi connectivity index (χ0) is 16.9. The lowest BCUT2D eigenvalue weighted by Gasteiger charge is -2.23. The van der Waals surface area contributed by atoms with Gasteiger partial charge in [0.05, 0.1) is 0 Å². The van der Waals surface area contributed by atoms with Crippen LogP contribution in [0.5, 0.6) is 0 Å². The van der Waals surface area contributed by atoms with Gasteiger partial charge in [-0.1, -0.05) is 0 Å². The number of hydrogen-bond donors (Lipinski definition) is 0. The summed E-state index contributed by atoms with van der Waals surface area (Å²) in [5, 5.41) is 0. The maximum atomic E-state index is 12.3. The van der Waals surface area contributed by atoms with Crippen LogP contribution in [0.2, 0.25) is 0 Å². The van der Waals surface area contributed by atoms with E-state index in [9.17, 15) is 43.9 Å². The van der Waals surface area contributed by atoms with Crippen LogP contribution in [0.1, 0.15) is 12.8 Å². The average Bonchev–Trinajstić information content (AvgIpc) is 2.22. The molecule has 2 nitrogen and oxygen atoms in total. The van der Waals surface area contributed by atoms with Gasteiger partial charge in [0.25, 0.3) is 0 Å². The number of halogens is 10. The highest BCUT2D eigenvalue weighted by Crippen LogP contribution is 2.31. The van der Waals surface area contributed by atoms with Crippen molar-refractivity contribution in [2.45, 2.75) is 43.6 Å². The van der Waals surface area contributed by atoms with Crippen molar-refractivity contribution in [3.8, 4) is 0 Å². The van der Waals surface area contributed by atoms with Crippen LogP contribution in [-0.2, 0) is 9.47 Å². The van der Waals surface area contributed by atoms with Gasteiger partial charge in [-0.05, 0) is 6.42 Å². The molecule has 0 bridgehead atoms. The summed E-state index contributed by atoms with van der Waals surface area (Å²) in [5.41, 5.74) is 0. The summed E-state index contributed by atoms with van der Waals surface area (Å²) in [6.07, 6.45) is -24.6. The molecule has 0 aromatic heterocycles. The first-order valence-corrected chi connectivity index (χ1v) is 5.26. The Kier molecular flexibility index (Phi) is 7.20. The van der Waals surface area contributed by atoms with Crippen LogP contribution in [-0.4, -0.2) is 44.2 Å². The van der Waals surface area contributed by atoms with Gasteiger partial charge < -0.3 is 9.47 Å². The molecule has 0 aliphatic heterocycles. The molecule has 0 spiro atoms. The standard InChI is InChI=1S/C9H10F10O2/c10-3-6(9(17,18)19)21-4-20-5(8(14,15)16)1-2-7(11,12)13/h5-6H,1-4H2. The minimum Gasteiger partial charge on any atom is -0.343 e. The third-order valence-corrected chi connectivity index (χ3v) is 2.10. The fraction of sp³-hybridized carbons (Fsp3) is 1.00. The van der Waals surface area contributed by atoms with Crippen molar-refractivity contribution in [2.75, 3.05) is 13.5 Å². The van der Waals surface area contributed by atoms with Gasteiger partial charge in [0.1, 0.15) is 13.5 Å². The van der Waals surface area contributed by atoms with Crippen LogP contribution in [0.25, 0.3) is 0 Å². The van der Waals surface area contributed by atoms with Crippen molar-refractivity contribution in [2.24, 2.45) is 0 Å². The highest BCUT2D eigenvalue weighted by Gasteiger charge is 2.44. The second-order valence-electron chi connectivity index (χ2n) is 3.82. The molecule has 0 rings (SSSR count). The molecule has 12 heteroatoms. The Morgan fingerprint density at radius 3 is 1.48 bits per heavy atom. The number of alkyl halides is 10. The third-order valence-electron chi connectivity index (χ3n) is 2.10. The Hall–Kier alpha value is -0.780. The molecule has 0 heterocycles. The normalized spacial score (nSPS) is 16.9. The quantitative estimate of drug-likeness (QED) is 0.512. The summed E-state index contributed by atoms with van der Waals surface area (Å²) < 4.78 is 128. The monoisotopic (exact) mass is 340 g/mol. The van der Waals surface area contributed by atoms with Gasteiger partial charge in [-0.15, -0.1) is 0 Å². The Bertz CT molecular complexity index is 294. The molecule has 0 amide bonds. The lowest BCUT2D eigenvalue weighted by Crippen LogP contribution is -2.37. The highest BCUT2D eigenvalue weighted by atomic mass is 19.4. The molecule has 2 unspecified atom stereocenters. The fourth-order valence-electron chi connectivity index (χ4n) is 1.07. The zero-order valence-electron chi connectivity index (χ0n) is 10.1. The molecule has 0 radical (unpaired) electrons. The molecule has 0 aromatic carbocycles. The highest BCUT2D eigenvalue weighted by molar-refractivity contribution is 4.70. The van der Waals surface area contributed by atoms with E-state index >= 15 is 0 Å². The van der Waals surface area contributed by atoms with E-state index < -0.39 is 57.0 Å². The second kappa shape index (κ2) is 7.47. The predicted molar refractivity (Wildman–Crippen MR) is 48.0 cm³/mol. The lowest BCUT2D eigenvalue weighted by atomic mass is 10.2. The van der Waals surface area contributed by atoms with Crippen molar-refractivity contribution in [1.29, 1.82) is 0 Å². The van der Waals surface area contributed by atoms with Gasteiger partial charge in [0, 0.05) is 6.42 Å². The molecule has 21 heavy (non-hydrogen) atoms. The molecule has 0 saturated carbocycles. The third kappa shape index (κ3) is 8.96. The average molecular weight is 340 g/mol. The van der Waals surface area contributed by atoms with Crippen LogP contribution >= 0.6 is 0 Å². The van der Waals surface area contributed by atoms with E-state index in [1.165, 1.54) is 0 Å². The molecular formula is C9H10F10O2. The summed E-state index contributed by atoms with van der Waals surface area (Å²) in [4.78, 5) is 0. The smallest absolute Gasteiger partial charge is 0.343 e. The van der Waals surface area contributed by atoms with Crippen molar-refractivity contribution >= 4 is 0 Å². The van der Waals surface area contributed by atoms with Crippen molar-refractivity contribution < 1.29 is 53.4 Å². The first-order valence-electron chi connectivity index (χ1n) is 5.26. The Morgan fingerprint density at radius 1 is 0.714 bits per heavy atom. The molecule has 0 N–H and O–H groups in total. The van der Waals surface area contributed by atoms with Crippen LogP contribution in [0.15, 0.2) is 0 Å². The topological polar surface area (TPSA) is 18.5 Å². The predicted octanol–water partition coefficient (Wildman–Crippen LogP) is 4.15. The van der Waals surface area contributed by atoms with Gasteiger partial charge in [-0.2, -0.15) is 39.5 Å². The van der Waals surface area contributed by atoms with Crippen LogP contribution in [0.4, 0.5) is 43.9 Å². The summed E-state index contributed by atoms with van der Waals surface area (Å²) in [6.45, 7) is -3.71. The van der Waals surface area contributed by atoms with E-state index in [1.54, 1.807) is 0 Å². The van der Waals surface area contributed by atoms with Gasteiger partial charge in [-0.25, -0.2) is 4.39 Å². The molecule has 0 saturated heterocycles. The summed E-state index contributed by atoms with van der Waals surface area (Å²) >= 11 is 0. The summed E-state index contributed by atoms with van der Waals surface area (Å²) in [6, 6.07) is 0. The number of hydrogen-bond acceptors (Lipinski definition) is 2. The Morgan fingerprint density at radius 2 is 1.14 bits per heavy atom. The van der Waals surface area contributed by atoms with Gasteiger partial charge in [0.15, 0.2) is 12.2 Å². The molecule has 0 aromatic rings. The van der Waals surface area contributed by atoms with Gasteiger partial charge in [-0.3, -0.25) is 0 Å². The Balaban J connectivity index is 4.44. The Labute approximate surface area is 112 Å². The minimum absolute atomic E-state index is 1.54. The summed E-state index contributed by atoms with van der Waals surface area (Å²) in [7, 11) is 0. The lowest BCUT2D eigenvalue weighted by molar-refractivity contribution is -0.283. The van der Waals surface area contributed by atoms with Gasteiger partial charge in [0.2, 0.25) is 0 Å². The molecule has 2 atom stereocenters.